The Balaban J connectivity index is 1.26. The third-order valence-corrected chi connectivity index (χ3v) is 7.24. The number of carbonyl (C=O) groups is 2. The maximum absolute atomic E-state index is 12.5. The number of nitrogens with one attached hydrogen (secondary N) is 3. The summed E-state index contributed by atoms with van der Waals surface area (Å²) < 4.78 is 2.25. The molecule has 4 rings (SSSR count). The van der Waals surface area contributed by atoms with Crippen molar-refractivity contribution < 1.29 is 9.59 Å². The highest BCUT2D eigenvalue weighted by molar-refractivity contribution is 8.00. The molecule has 3 atom stereocenters. The molecular formula is C22H30N4O2S. The second-order valence-corrected chi connectivity index (χ2v) is 9.79. The number of benzene rings is 1. The van der Waals surface area contributed by atoms with Crippen LogP contribution >= 0.6 is 11.8 Å². The second-order valence-electron chi connectivity index (χ2n) is 8.52. The minimum Gasteiger partial charge on any atom is -0.347 e. The number of thioether (sulfide) groups is 1. The molecule has 7 heteroatoms. The first kappa shape index (κ1) is 20.1. The standard InChI is InChI=1S/C22H30N4O2S/c1-14(2)12-26-11-10-15-16(6-5-7-18(15)26)23-20(27)9-4-3-8-19-21-17(13-29-19)24-22(28)25-21/h5-7,10-11,14,17,19,21H,3-4,8-9,12-13H2,1-2H3,(H,23,27)(H2,24,25,28)/t17-,19+,21+/m0/s1. The minimum absolute atomic E-state index is 0.0407. The molecule has 156 valence electrons. The molecule has 6 nitrogen and oxygen atoms in total. The monoisotopic (exact) mass is 414 g/mol. The van der Waals surface area contributed by atoms with Gasteiger partial charge in [-0.05, 0) is 37.0 Å². The number of fused-ring (bicyclic) bond motifs is 2. The lowest BCUT2D eigenvalue weighted by Crippen LogP contribution is -2.36. The first-order valence-electron chi connectivity index (χ1n) is 10.6. The molecular weight excluding hydrogens is 384 g/mol. The predicted molar refractivity (Wildman–Crippen MR) is 119 cm³/mol. The number of urea groups is 1. The van der Waals surface area contributed by atoms with Crippen LogP contribution in [0.2, 0.25) is 0 Å². The summed E-state index contributed by atoms with van der Waals surface area (Å²) in [5.74, 6) is 1.63. The fraction of sp³-hybridized carbons (Fsp3) is 0.545. The molecule has 1 aromatic heterocycles. The normalized spacial score (nSPS) is 23.3. The average molecular weight is 415 g/mol. The van der Waals surface area contributed by atoms with Gasteiger partial charge in [0.2, 0.25) is 5.91 Å². The van der Waals surface area contributed by atoms with Crippen LogP contribution in [0.25, 0.3) is 10.9 Å². The van der Waals surface area contributed by atoms with Crippen molar-refractivity contribution >= 4 is 40.3 Å². The van der Waals surface area contributed by atoms with Crippen molar-refractivity contribution in [3.63, 3.8) is 0 Å². The Hall–Kier alpha value is -2.15. The lowest BCUT2D eigenvalue weighted by molar-refractivity contribution is -0.116. The van der Waals surface area contributed by atoms with E-state index in [1.165, 1.54) is 0 Å². The number of amides is 3. The van der Waals surface area contributed by atoms with Crippen molar-refractivity contribution in [1.29, 1.82) is 0 Å². The Morgan fingerprint density at radius 3 is 2.97 bits per heavy atom. The van der Waals surface area contributed by atoms with Crippen LogP contribution in [0.1, 0.15) is 39.5 Å². The highest BCUT2D eigenvalue weighted by Crippen LogP contribution is 2.33. The van der Waals surface area contributed by atoms with E-state index < -0.39 is 0 Å². The van der Waals surface area contributed by atoms with Crippen molar-refractivity contribution in [2.75, 3.05) is 11.1 Å². The zero-order chi connectivity index (χ0) is 20.4. The van der Waals surface area contributed by atoms with Gasteiger partial charge in [0.05, 0.1) is 23.3 Å². The largest absolute Gasteiger partial charge is 0.347 e. The number of rotatable bonds is 8. The van der Waals surface area contributed by atoms with Crippen LogP contribution in [-0.4, -0.2) is 39.6 Å². The Morgan fingerprint density at radius 2 is 2.14 bits per heavy atom. The number of nitrogens with zero attached hydrogens (tertiary/aromatic N) is 1. The van der Waals surface area contributed by atoms with Gasteiger partial charge in [-0.1, -0.05) is 26.3 Å². The first-order valence-corrected chi connectivity index (χ1v) is 11.6. The van der Waals surface area contributed by atoms with Gasteiger partial charge in [-0.15, -0.1) is 0 Å². The van der Waals surface area contributed by atoms with E-state index in [2.05, 4.69) is 52.7 Å². The fourth-order valence-corrected chi connectivity index (χ4v) is 5.92. The molecule has 2 aliphatic heterocycles. The van der Waals surface area contributed by atoms with Crippen LogP contribution in [-0.2, 0) is 11.3 Å². The number of hydrogen-bond donors (Lipinski definition) is 3. The SMILES string of the molecule is CC(C)Cn1ccc2c(NC(=O)CCCC[C@H]3SC[C@@H]4NC(=O)N[C@H]43)cccc21. The van der Waals surface area contributed by atoms with Crippen LogP contribution < -0.4 is 16.0 Å². The highest BCUT2D eigenvalue weighted by Gasteiger charge is 2.42. The summed E-state index contributed by atoms with van der Waals surface area (Å²) in [6.45, 7) is 5.38. The lowest BCUT2D eigenvalue weighted by atomic mass is 10.0. The Morgan fingerprint density at radius 1 is 1.28 bits per heavy atom. The van der Waals surface area contributed by atoms with Gasteiger partial charge in [0.1, 0.15) is 0 Å². The average Bonchev–Trinajstić information content (AvgIpc) is 3.34. The third kappa shape index (κ3) is 4.55. The molecule has 0 unspecified atom stereocenters. The molecule has 3 heterocycles. The minimum atomic E-state index is -0.0407. The summed E-state index contributed by atoms with van der Waals surface area (Å²) in [7, 11) is 0. The van der Waals surface area contributed by atoms with Crippen LogP contribution in [0.15, 0.2) is 30.5 Å². The Labute approximate surface area is 176 Å². The van der Waals surface area contributed by atoms with E-state index in [-0.39, 0.29) is 24.0 Å². The lowest BCUT2D eigenvalue weighted by Gasteiger charge is -2.16. The summed E-state index contributed by atoms with van der Waals surface area (Å²) >= 11 is 1.93. The number of aromatic nitrogens is 1. The van der Waals surface area contributed by atoms with E-state index >= 15 is 0 Å². The van der Waals surface area contributed by atoms with E-state index in [1.807, 2.05) is 23.9 Å². The molecule has 0 bridgehead atoms. The second kappa shape index (κ2) is 8.69. The van der Waals surface area contributed by atoms with Crippen molar-refractivity contribution in [3.05, 3.63) is 30.5 Å². The van der Waals surface area contributed by atoms with Crippen LogP contribution in [0.5, 0.6) is 0 Å². The topological polar surface area (TPSA) is 75.2 Å². The van der Waals surface area contributed by atoms with E-state index in [4.69, 9.17) is 0 Å². The number of anilines is 1. The third-order valence-electron chi connectivity index (χ3n) is 5.73. The van der Waals surface area contributed by atoms with Gasteiger partial charge in [-0.25, -0.2) is 4.79 Å². The molecule has 29 heavy (non-hydrogen) atoms. The van der Waals surface area contributed by atoms with E-state index in [0.29, 0.717) is 17.6 Å². The van der Waals surface area contributed by atoms with Gasteiger partial charge in [0.15, 0.2) is 0 Å². The maximum Gasteiger partial charge on any atom is 0.315 e. The summed E-state index contributed by atoms with van der Waals surface area (Å²) in [4.78, 5) is 23.9. The zero-order valence-corrected chi connectivity index (χ0v) is 17.9. The summed E-state index contributed by atoms with van der Waals surface area (Å²) in [5.41, 5.74) is 2.06. The smallest absolute Gasteiger partial charge is 0.315 e. The molecule has 2 fully saturated rings. The van der Waals surface area contributed by atoms with Crippen molar-refractivity contribution in [2.45, 2.75) is 63.4 Å². The van der Waals surface area contributed by atoms with Crippen molar-refractivity contribution in [3.8, 4) is 0 Å². The van der Waals surface area contributed by atoms with Gasteiger partial charge in [-0.2, -0.15) is 11.8 Å². The summed E-state index contributed by atoms with van der Waals surface area (Å²) in [6.07, 6.45) is 5.53. The van der Waals surface area contributed by atoms with Crippen LogP contribution in [0.4, 0.5) is 10.5 Å². The van der Waals surface area contributed by atoms with E-state index in [9.17, 15) is 9.59 Å². The molecule has 2 saturated heterocycles. The fourth-order valence-electron chi connectivity index (χ4n) is 4.37. The summed E-state index contributed by atoms with van der Waals surface area (Å²) in [5, 5.41) is 10.6. The van der Waals surface area contributed by atoms with Crippen LogP contribution in [0, 0.1) is 5.92 Å². The quantitative estimate of drug-likeness (QED) is 0.452. The zero-order valence-electron chi connectivity index (χ0n) is 17.1. The van der Waals surface area contributed by atoms with Crippen molar-refractivity contribution in [1.82, 2.24) is 15.2 Å². The number of carbonyl (C=O) groups excluding carboxylic acids is 2. The summed E-state index contributed by atoms with van der Waals surface area (Å²) in [6, 6.07) is 8.65. The number of unbranched alkanes of at least 4 members (excludes halogenated alkanes) is 1. The highest BCUT2D eigenvalue weighted by atomic mass is 32.2. The predicted octanol–water partition coefficient (Wildman–Crippen LogP) is 3.96. The van der Waals surface area contributed by atoms with Gasteiger partial charge >= 0.3 is 6.03 Å². The molecule has 1 aromatic carbocycles. The molecule has 2 aliphatic rings. The Kier molecular flexibility index (Phi) is 6.04. The van der Waals surface area contributed by atoms with Gasteiger partial charge in [0, 0.05) is 35.6 Å². The molecule has 0 aliphatic carbocycles. The van der Waals surface area contributed by atoms with Gasteiger partial charge in [0.25, 0.3) is 0 Å². The molecule has 3 amide bonds. The van der Waals surface area contributed by atoms with Crippen molar-refractivity contribution in [2.24, 2.45) is 5.92 Å². The Bertz CT molecular complexity index is 894. The maximum atomic E-state index is 12.5. The molecule has 2 aromatic rings. The van der Waals surface area contributed by atoms with Gasteiger partial charge < -0.3 is 20.5 Å². The van der Waals surface area contributed by atoms with Crippen LogP contribution in [0.3, 0.4) is 0 Å². The molecule has 3 N–H and O–H groups in total. The molecule has 0 spiro atoms. The van der Waals surface area contributed by atoms with E-state index in [0.717, 1.165) is 48.2 Å². The van der Waals surface area contributed by atoms with Gasteiger partial charge in [-0.3, -0.25) is 4.79 Å². The number of hydrogen-bond acceptors (Lipinski definition) is 3. The molecule has 0 radical (unpaired) electrons. The molecule has 0 saturated carbocycles. The first-order chi connectivity index (χ1) is 14.0. The van der Waals surface area contributed by atoms with E-state index in [1.54, 1.807) is 0 Å².